The van der Waals surface area contributed by atoms with Crippen molar-refractivity contribution in [3.05, 3.63) is 34.2 Å². The molecular weight excluding hydrogens is 268 g/mol. The van der Waals surface area contributed by atoms with Crippen molar-refractivity contribution in [1.29, 1.82) is 0 Å². The van der Waals surface area contributed by atoms with E-state index < -0.39 is 0 Å². The Bertz CT molecular complexity index is 714. The van der Waals surface area contributed by atoms with E-state index in [1.165, 1.54) is 0 Å². The second-order valence-corrected chi connectivity index (χ2v) is 5.88. The Morgan fingerprint density at radius 3 is 2.81 bits per heavy atom. The fourth-order valence-corrected chi connectivity index (χ4v) is 2.61. The molecule has 0 spiro atoms. The number of rotatable bonds is 5. The summed E-state index contributed by atoms with van der Waals surface area (Å²) in [6, 6.07) is 5.46. The smallest absolute Gasteiger partial charge is 0.323 e. The van der Waals surface area contributed by atoms with Crippen molar-refractivity contribution in [2.75, 3.05) is 0 Å². The molecule has 112 valence electrons. The van der Waals surface area contributed by atoms with Crippen molar-refractivity contribution in [3.63, 3.8) is 0 Å². The van der Waals surface area contributed by atoms with Gasteiger partial charge in [-0.2, -0.15) is 0 Å². The lowest BCUT2D eigenvalue weighted by molar-refractivity contribution is -0.122. The zero-order valence-electron chi connectivity index (χ0n) is 12.0. The van der Waals surface area contributed by atoms with Crippen LogP contribution in [0.3, 0.4) is 0 Å². The molecule has 1 saturated carbocycles. The van der Waals surface area contributed by atoms with Crippen LogP contribution in [-0.2, 0) is 4.79 Å². The number of hydrogen-bond acceptors (Lipinski definition) is 3. The molecule has 0 bridgehead atoms. The minimum Gasteiger partial charge on any atom is -0.350 e. The Kier molecular flexibility index (Phi) is 3.55. The van der Waals surface area contributed by atoms with E-state index in [0.717, 1.165) is 29.4 Å². The molecule has 2 atom stereocenters. The predicted molar refractivity (Wildman–Crippen MR) is 80.8 cm³/mol. The van der Waals surface area contributed by atoms with Crippen LogP contribution in [0.1, 0.15) is 37.8 Å². The number of benzene rings is 1. The highest BCUT2D eigenvalue weighted by atomic mass is 16.1. The molecule has 0 saturated heterocycles. The summed E-state index contributed by atoms with van der Waals surface area (Å²) in [6.45, 7) is 1.92. The highest BCUT2D eigenvalue weighted by Crippen LogP contribution is 2.32. The number of fused-ring (bicyclic) bond motifs is 1. The van der Waals surface area contributed by atoms with Crippen LogP contribution < -0.4 is 16.7 Å². The molecule has 1 aromatic carbocycles. The summed E-state index contributed by atoms with van der Waals surface area (Å²) in [6.07, 6.45) is 2.65. The molecule has 1 aromatic heterocycles. The fourth-order valence-electron chi connectivity index (χ4n) is 2.61. The molecule has 6 heteroatoms. The maximum Gasteiger partial charge on any atom is 0.323 e. The Morgan fingerprint density at radius 2 is 2.10 bits per heavy atom. The van der Waals surface area contributed by atoms with Gasteiger partial charge in [-0.05, 0) is 43.4 Å². The number of aromatic nitrogens is 2. The van der Waals surface area contributed by atoms with Gasteiger partial charge in [-0.1, -0.05) is 6.07 Å². The first-order valence-corrected chi connectivity index (χ1v) is 7.30. The van der Waals surface area contributed by atoms with Gasteiger partial charge in [0, 0.05) is 12.5 Å². The molecule has 1 aliphatic carbocycles. The van der Waals surface area contributed by atoms with Gasteiger partial charge in [0.1, 0.15) is 0 Å². The zero-order valence-corrected chi connectivity index (χ0v) is 12.0. The molecule has 5 N–H and O–H groups in total. The van der Waals surface area contributed by atoms with Crippen LogP contribution in [0.2, 0.25) is 0 Å². The van der Waals surface area contributed by atoms with Crippen molar-refractivity contribution in [1.82, 2.24) is 15.3 Å². The molecule has 1 amide bonds. The minimum absolute atomic E-state index is 0.0236. The summed E-state index contributed by atoms with van der Waals surface area (Å²) in [5.74, 6) is 0.497. The molecule has 6 nitrogen and oxygen atoms in total. The third-order valence-electron chi connectivity index (χ3n) is 4.07. The normalized spacial score (nSPS) is 17.6. The summed E-state index contributed by atoms with van der Waals surface area (Å²) in [4.78, 5) is 28.6. The number of H-pyrrole nitrogens is 2. The standard InChI is InChI=1S/C15H20N4O2/c1-8(17-14(20)7-11(16)9-2-3-9)10-4-5-12-13(6-10)19-15(21)18-12/h4-6,8-9,11H,2-3,7,16H2,1H3,(H,17,20)(H2,18,19,21). The van der Waals surface area contributed by atoms with Gasteiger partial charge in [-0.25, -0.2) is 4.79 Å². The molecule has 1 aliphatic rings. The molecule has 0 radical (unpaired) electrons. The highest BCUT2D eigenvalue weighted by Gasteiger charge is 2.30. The van der Waals surface area contributed by atoms with Crippen molar-refractivity contribution in [2.24, 2.45) is 11.7 Å². The molecule has 2 aromatic rings. The quantitative estimate of drug-likeness (QED) is 0.663. The van der Waals surface area contributed by atoms with Gasteiger partial charge in [-0.3, -0.25) is 4.79 Å². The lowest BCUT2D eigenvalue weighted by Crippen LogP contribution is -2.34. The van der Waals surface area contributed by atoms with E-state index in [1.54, 1.807) is 0 Å². The monoisotopic (exact) mass is 288 g/mol. The van der Waals surface area contributed by atoms with Gasteiger partial charge < -0.3 is 21.0 Å². The second-order valence-electron chi connectivity index (χ2n) is 5.88. The van der Waals surface area contributed by atoms with Gasteiger partial charge in [0.05, 0.1) is 17.1 Å². The maximum absolute atomic E-state index is 12.0. The second kappa shape index (κ2) is 5.37. The first-order chi connectivity index (χ1) is 10.0. The van der Waals surface area contributed by atoms with E-state index in [9.17, 15) is 9.59 Å². The Morgan fingerprint density at radius 1 is 1.38 bits per heavy atom. The highest BCUT2D eigenvalue weighted by molar-refractivity contribution is 5.78. The fraction of sp³-hybridized carbons (Fsp3) is 0.467. The average Bonchev–Trinajstić information content (AvgIpc) is 3.19. The third kappa shape index (κ3) is 3.16. The van der Waals surface area contributed by atoms with E-state index in [2.05, 4.69) is 15.3 Å². The number of carbonyl (C=O) groups is 1. The third-order valence-corrected chi connectivity index (χ3v) is 4.07. The van der Waals surface area contributed by atoms with Crippen molar-refractivity contribution in [2.45, 2.75) is 38.3 Å². The largest absolute Gasteiger partial charge is 0.350 e. The van der Waals surface area contributed by atoms with E-state index in [4.69, 9.17) is 5.73 Å². The summed E-state index contributed by atoms with van der Waals surface area (Å²) in [5, 5.41) is 2.96. The Labute approximate surface area is 122 Å². The number of carbonyl (C=O) groups excluding carboxylic acids is 1. The molecule has 2 unspecified atom stereocenters. The van der Waals surface area contributed by atoms with E-state index in [1.807, 2.05) is 25.1 Å². The Hall–Kier alpha value is -2.08. The van der Waals surface area contributed by atoms with Crippen LogP contribution in [-0.4, -0.2) is 21.9 Å². The lowest BCUT2D eigenvalue weighted by atomic mass is 10.1. The summed E-state index contributed by atoms with van der Waals surface area (Å²) in [7, 11) is 0. The van der Waals surface area contributed by atoms with Crippen LogP contribution in [0.4, 0.5) is 0 Å². The van der Waals surface area contributed by atoms with E-state index >= 15 is 0 Å². The molecule has 1 heterocycles. The lowest BCUT2D eigenvalue weighted by Gasteiger charge is -2.16. The van der Waals surface area contributed by atoms with E-state index in [0.29, 0.717) is 12.3 Å². The van der Waals surface area contributed by atoms with E-state index in [-0.39, 0.29) is 23.7 Å². The number of imidazole rings is 1. The number of hydrogen-bond donors (Lipinski definition) is 4. The molecule has 21 heavy (non-hydrogen) atoms. The first kappa shape index (κ1) is 13.9. The van der Waals surface area contributed by atoms with Crippen LogP contribution in [0.25, 0.3) is 11.0 Å². The SMILES string of the molecule is CC(NC(=O)CC(N)C1CC1)c1ccc2[nH]c(=O)[nH]c2c1. The summed E-state index contributed by atoms with van der Waals surface area (Å²) in [5.41, 5.74) is 8.20. The van der Waals surface area contributed by atoms with Gasteiger partial charge in [-0.15, -0.1) is 0 Å². The summed E-state index contributed by atoms with van der Waals surface area (Å²) < 4.78 is 0. The first-order valence-electron chi connectivity index (χ1n) is 7.30. The van der Waals surface area contributed by atoms with Crippen molar-refractivity contribution >= 4 is 16.9 Å². The summed E-state index contributed by atoms with van der Waals surface area (Å²) >= 11 is 0. The number of nitrogens with one attached hydrogen (secondary N) is 3. The van der Waals surface area contributed by atoms with Crippen LogP contribution in [0, 0.1) is 5.92 Å². The molecule has 1 fully saturated rings. The molecule has 0 aliphatic heterocycles. The van der Waals surface area contributed by atoms with Gasteiger partial charge >= 0.3 is 5.69 Å². The zero-order chi connectivity index (χ0) is 15.0. The van der Waals surface area contributed by atoms with Crippen molar-refractivity contribution < 1.29 is 4.79 Å². The minimum atomic E-state index is -0.228. The van der Waals surface area contributed by atoms with Gasteiger partial charge in [0.2, 0.25) is 5.91 Å². The van der Waals surface area contributed by atoms with Gasteiger partial charge in [0.15, 0.2) is 0 Å². The topological polar surface area (TPSA) is 104 Å². The molecule has 3 rings (SSSR count). The molecular formula is C15H20N4O2. The number of nitrogens with two attached hydrogens (primary N) is 1. The van der Waals surface area contributed by atoms with Crippen LogP contribution in [0.15, 0.2) is 23.0 Å². The van der Waals surface area contributed by atoms with Crippen LogP contribution in [0.5, 0.6) is 0 Å². The number of amides is 1. The number of aromatic amines is 2. The van der Waals surface area contributed by atoms with Gasteiger partial charge in [0.25, 0.3) is 0 Å². The Balaban J connectivity index is 1.66. The maximum atomic E-state index is 12.0. The van der Waals surface area contributed by atoms with Crippen LogP contribution >= 0.6 is 0 Å². The van der Waals surface area contributed by atoms with Crippen molar-refractivity contribution in [3.8, 4) is 0 Å². The average molecular weight is 288 g/mol. The predicted octanol–water partition coefficient (Wildman–Crippen LogP) is 1.16.